The van der Waals surface area contributed by atoms with Gasteiger partial charge in [-0.1, -0.05) is 6.07 Å². The molecule has 5 heteroatoms. The maximum absolute atomic E-state index is 13.3. The number of carboxylic acid groups (broad SMARTS) is 1. The third-order valence-electron chi connectivity index (χ3n) is 2.21. The summed E-state index contributed by atoms with van der Waals surface area (Å²) in [5.41, 5.74) is 1.64. The second-order valence-corrected chi connectivity index (χ2v) is 3.55. The molecule has 1 aromatic heterocycles. The summed E-state index contributed by atoms with van der Waals surface area (Å²) in [7, 11) is 0. The lowest BCUT2D eigenvalue weighted by atomic mass is 10.0. The van der Waals surface area contributed by atoms with Gasteiger partial charge >= 0.3 is 5.97 Å². The van der Waals surface area contributed by atoms with Crippen LogP contribution in [0, 0.1) is 5.82 Å². The average Bonchev–Trinajstić information content (AvgIpc) is 2.28. The Hall–Kier alpha value is -2.30. The summed E-state index contributed by atoms with van der Waals surface area (Å²) < 4.78 is 13.3. The largest absolute Gasteiger partial charge is 0.481 e. The summed E-state index contributed by atoms with van der Waals surface area (Å²) in [5.74, 6) is -1.46. The molecule has 17 heavy (non-hydrogen) atoms. The number of carboxylic acids is 1. The molecule has 0 aliphatic carbocycles. The molecule has 2 rings (SSSR count). The molecule has 1 heterocycles. The van der Waals surface area contributed by atoms with E-state index < -0.39 is 11.8 Å². The lowest BCUT2D eigenvalue weighted by Crippen LogP contribution is -2.00. The highest BCUT2D eigenvalue weighted by atomic mass is 19.1. The van der Waals surface area contributed by atoms with Crippen molar-refractivity contribution in [2.45, 2.75) is 6.42 Å². The second kappa shape index (κ2) is 4.69. The predicted molar refractivity (Wildman–Crippen MR) is 58.8 cm³/mol. The SMILES string of the molecule is O=C(O)Cc1cc(F)cc(-c2cncnc2)c1. The fraction of sp³-hybridized carbons (Fsp3) is 0.0833. The van der Waals surface area contributed by atoms with Gasteiger partial charge in [0.05, 0.1) is 6.42 Å². The molecule has 0 aliphatic rings. The summed E-state index contributed by atoms with van der Waals surface area (Å²) in [6, 6.07) is 4.15. The molecule has 0 radical (unpaired) electrons. The Balaban J connectivity index is 2.42. The van der Waals surface area contributed by atoms with Crippen molar-refractivity contribution in [2.75, 3.05) is 0 Å². The molecule has 0 amide bonds. The minimum atomic E-state index is -0.995. The summed E-state index contributed by atoms with van der Waals surface area (Å²) in [6.07, 6.45) is 4.26. The first-order chi connectivity index (χ1) is 8.15. The van der Waals surface area contributed by atoms with Crippen molar-refractivity contribution in [3.8, 4) is 11.1 Å². The first-order valence-corrected chi connectivity index (χ1v) is 4.92. The highest BCUT2D eigenvalue weighted by Crippen LogP contribution is 2.20. The number of carbonyl (C=O) groups is 1. The molecule has 0 fully saturated rings. The fourth-order valence-corrected chi connectivity index (χ4v) is 1.54. The smallest absolute Gasteiger partial charge is 0.307 e. The molecular formula is C12H9FN2O2. The molecule has 0 unspecified atom stereocenters. The number of hydrogen-bond donors (Lipinski definition) is 1. The molecule has 4 nitrogen and oxygen atoms in total. The van der Waals surface area contributed by atoms with E-state index in [4.69, 9.17) is 5.11 Å². The van der Waals surface area contributed by atoms with Gasteiger partial charge in [-0.2, -0.15) is 0 Å². The molecule has 1 aromatic carbocycles. The van der Waals surface area contributed by atoms with Crippen LogP contribution in [0.2, 0.25) is 0 Å². The molecule has 86 valence electrons. The zero-order chi connectivity index (χ0) is 12.3. The summed E-state index contributed by atoms with van der Waals surface area (Å²) >= 11 is 0. The Kier molecular flexibility index (Phi) is 3.09. The van der Waals surface area contributed by atoms with Crippen LogP contribution < -0.4 is 0 Å². The molecule has 0 atom stereocenters. The van der Waals surface area contributed by atoms with Crippen LogP contribution in [0.3, 0.4) is 0 Å². The maximum Gasteiger partial charge on any atom is 0.307 e. The Morgan fingerprint density at radius 3 is 2.53 bits per heavy atom. The number of hydrogen-bond acceptors (Lipinski definition) is 3. The van der Waals surface area contributed by atoms with Crippen LogP contribution >= 0.6 is 0 Å². The van der Waals surface area contributed by atoms with Crippen LogP contribution in [0.4, 0.5) is 4.39 Å². The van der Waals surface area contributed by atoms with Crippen molar-refractivity contribution < 1.29 is 14.3 Å². The van der Waals surface area contributed by atoms with Crippen LogP contribution in [-0.4, -0.2) is 21.0 Å². The predicted octanol–water partition coefficient (Wildman–Crippen LogP) is 1.91. The van der Waals surface area contributed by atoms with Crippen LogP contribution in [0.15, 0.2) is 36.9 Å². The van der Waals surface area contributed by atoms with Gasteiger partial charge < -0.3 is 5.11 Å². The second-order valence-electron chi connectivity index (χ2n) is 3.55. The lowest BCUT2D eigenvalue weighted by molar-refractivity contribution is -0.136. The van der Waals surface area contributed by atoms with Gasteiger partial charge in [-0.25, -0.2) is 14.4 Å². The summed E-state index contributed by atoms with van der Waals surface area (Å²) in [6.45, 7) is 0. The Morgan fingerprint density at radius 1 is 1.18 bits per heavy atom. The van der Waals surface area contributed by atoms with E-state index in [9.17, 15) is 9.18 Å². The number of halogens is 1. The van der Waals surface area contributed by atoms with E-state index in [1.165, 1.54) is 18.5 Å². The van der Waals surface area contributed by atoms with E-state index >= 15 is 0 Å². The highest BCUT2D eigenvalue weighted by Gasteiger charge is 2.06. The standard InChI is InChI=1S/C12H9FN2O2/c13-11-2-8(3-12(16)17)1-9(4-11)10-5-14-7-15-6-10/h1-2,4-7H,3H2,(H,16,17). The molecule has 0 saturated carbocycles. The molecule has 0 spiro atoms. The minimum Gasteiger partial charge on any atom is -0.481 e. The van der Waals surface area contributed by atoms with E-state index in [0.29, 0.717) is 16.7 Å². The molecule has 0 aliphatic heterocycles. The van der Waals surface area contributed by atoms with Gasteiger partial charge in [0, 0.05) is 18.0 Å². The number of benzene rings is 1. The third-order valence-corrected chi connectivity index (χ3v) is 2.21. The fourth-order valence-electron chi connectivity index (χ4n) is 1.54. The van der Waals surface area contributed by atoms with Crippen LogP contribution in [0.1, 0.15) is 5.56 Å². The van der Waals surface area contributed by atoms with Crippen LogP contribution in [0.25, 0.3) is 11.1 Å². The first kappa shape index (κ1) is 11.2. The molecule has 1 N–H and O–H groups in total. The van der Waals surface area contributed by atoms with Gasteiger partial charge in [-0.3, -0.25) is 4.79 Å². The van der Waals surface area contributed by atoms with Crippen molar-refractivity contribution >= 4 is 5.97 Å². The van der Waals surface area contributed by atoms with Gasteiger partial charge in [0.15, 0.2) is 0 Å². The van der Waals surface area contributed by atoms with Crippen LogP contribution in [0.5, 0.6) is 0 Å². The molecule has 2 aromatic rings. The summed E-state index contributed by atoms with van der Waals surface area (Å²) in [4.78, 5) is 18.2. The van der Waals surface area contributed by atoms with Gasteiger partial charge in [-0.15, -0.1) is 0 Å². The Bertz CT molecular complexity index is 543. The van der Waals surface area contributed by atoms with Gasteiger partial charge in [-0.05, 0) is 23.3 Å². The number of aliphatic carboxylic acids is 1. The molecular weight excluding hydrogens is 223 g/mol. The number of aromatic nitrogens is 2. The first-order valence-electron chi connectivity index (χ1n) is 4.92. The zero-order valence-corrected chi connectivity index (χ0v) is 8.80. The van der Waals surface area contributed by atoms with Gasteiger partial charge in [0.1, 0.15) is 12.1 Å². The third kappa shape index (κ3) is 2.84. The van der Waals surface area contributed by atoms with Gasteiger partial charge in [0.25, 0.3) is 0 Å². The van der Waals surface area contributed by atoms with Crippen molar-refractivity contribution in [1.82, 2.24) is 9.97 Å². The van der Waals surface area contributed by atoms with Crippen molar-refractivity contribution in [2.24, 2.45) is 0 Å². The Morgan fingerprint density at radius 2 is 1.88 bits per heavy atom. The molecule has 0 saturated heterocycles. The quantitative estimate of drug-likeness (QED) is 0.877. The van der Waals surface area contributed by atoms with Crippen molar-refractivity contribution in [1.29, 1.82) is 0 Å². The minimum absolute atomic E-state index is 0.210. The van der Waals surface area contributed by atoms with Crippen molar-refractivity contribution in [3.05, 3.63) is 48.3 Å². The maximum atomic E-state index is 13.3. The zero-order valence-electron chi connectivity index (χ0n) is 8.80. The monoisotopic (exact) mass is 232 g/mol. The molecule has 0 bridgehead atoms. The van der Waals surface area contributed by atoms with Crippen molar-refractivity contribution in [3.63, 3.8) is 0 Å². The number of nitrogens with zero attached hydrogens (tertiary/aromatic N) is 2. The van der Waals surface area contributed by atoms with E-state index in [-0.39, 0.29) is 6.42 Å². The van der Waals surface area contributed by atoms with E-state index in [1.807, 2.05) is 0 Å². The van der Waals surface area contributed by atoms with E-state index in [2.05, 4.69) is 9.97 Å². The summed E-state index contributed by atoms with van der Waals surface area (Å²) in [5, 5.41) is 8.67. The normalized spacial score (nSPS) is 10.2. The van der Waals surface area contributed by atoms with Gasteiger partial charge in [0.2, 0.25) is 0 Å². The average molecular weight is 232 g/mol. The Labute approximate surface area is 96.8 Å². The number of rotatable bonds is 3. The topological polar surface area (TPSA) is 63.1 Å². The lowest BCUT2D eigenvalue weighted by Gasteiger charge is -2.04. The van der Waals surface area contributed by atoms with E-state index in [1.54, 1.807) is 18.5 Å². The van der Waals surface area contributed by atoms with E-state index in [0.717, 1.165) is 0 Å². The highest BCUT2D eigenvalue weighted by molar-refractivity contribution is 5.72. The van der Waals surface area contributed by atoms with Crippen LogP contribution in [-0.2, 0) is 11.2 Å².